The Kier molecular flexibility index (Phi) is 4.53. The Morgan fingerprint density at radius 2 is 1.58 bits per heavy atom. The smallest absolute Gasteiger partial charge is 0.147 e. The maximum absolute atomic E-state index is 10.7. The van der Waals surface area contributed by atoms with E-state index in [-0.39, 0.29) is 23.1 Å². The summed E-state index contributed by atoms with van der Waals surface area (Å²) in [5.74, 6) is 0.142. The van der Waals surface area contributed by atoms with E-state index < -0.39 is 0 Å². The summed E-state index contributed by atoms with van der Waals surface area (Å²) >= 11 is 0. The lowest BCUT2D eigenvalue weighted by Crippen LogP contribution is -2.25. The maximum Gasteiger partial charge on any atom is 0.147 e. The normalized spacial score (nSPS) is 12.7. The zero-order valence-electron chi connectivity index (χ0n) is 16.2. The second-order valence-electron chi connectivity index (χ2n) is 8.81. The van der Waals surface area contributed by atoms with E-state index in [4.69, 9.17) is 5.73 Å². The van der Waals surface area contributed by atoms with Gasteiger partial charge < -0.3 is 10.8 Å². The predicted octanol–water partition coefficient (Wildman–Crippen LogP) is 4.30. The summed E-state index contributed by atoms with van der Waals surface area (Å²) in [4.78, 5) is 1.51. The Bertz CT molecular complexity index is 902. The molecule has 3 aromatic rings. The van der Waals surface area contributed by atoms with E-state index >= 15 is 0 Å². The Labute approximate surface area is 154 Å². The topological polar surface area (TPSA) is 77.0 Å². The van der Waals surface area contributed by atoms with Crippen LogP contribution < -0.4 is 5.73 Å². The lowest BCUT2D eigenvalue weighted by Gasteiger charge is -2.33. The van der Waals surface area contributed by atoms with Crippen LogP contribution in [0.5, 0.6) is 5.75 Å². The fourth-order valence-corrected chi connectivity index (χ4v) is 3.77. The molecule has 2 aromatic carbocycles. The summed E-state index contributed by atoms with van der Waals surface area (Å²) in [7, 11) is 0. The molecule has 138 valence electrons. The van der Waals surface area contributed by atoms with E-state index in [9.17, 15) is 5.11 Å². The third-order valence-electron chi connectivity index (χ3n) is 4.64. The molecule has 0 aliphatic heterocycles. The minimum atomic E-state index is -0.0722. The van der Waals surface area contributed by atoms with Crippen molar-refractivity contribution in [3.05, 3.63) is 47.5 Å². The summed E-state index contributed by atoms with van der Waals surface area (Å²) in [5.41, 5.74) is 10.0. The van der Waals surface area contributed by atoms with Crippen molar-refractivity contribution >= 4 is 11.0 Å². The van der Waals surface area contributed by atoms with Crippen LogP contribution in [0.25, 0.3) is 16.7 Å². The highest BCUT2D eigenvalue weighted by atomic mass is 16.3. The average Bonchev–Trinajstić information content (AvgIpc) is 2.96. The van der Waals surface area contributed by atoms with E-state index in [0.717, 1.165) is 23.0 Å². The molecule has 3 N–H and O–H groups in total. The number of phenolic OH excluding ortho intramolecular Hbond substituents is 1. The van der Waals surface area contributed by atoms with Crippen LogP contribution in [0, 0.1) is 5.41 Å². The van der Waals surface area contributed by atoms with Crippen LogP contribution in [0.4, 0.5) is 0 Å². The molecule has 26 heavy (non-hydrogen) atoms. The highest BCUT2D eigenvalue weighted by molar-refractivity contribution is 5.73. The molecule has 0 spiro atoms. The van der Waals surface area contributed by atoms with Crippen molar-refractivity contribution in [3.63, 3.8) is 0 Å². The van der Waals surface area contributed by atoms with E-state index in [1.54, 1.807) is 0 Å². The molecule has 0 fully saturated rings. The third-order valence-corrected chi connectivity index (χ3v) is 4.64. The van der Waals surface area contributed by atoms with Crippen LogP contribution in [0.15, 0.2) is 36.4 Å². The third kappa shape index (κ3) is 3.58. The van der Waals surface area contributed by atoms with Crippen LogP contribution in [0.2, 0.25) is 0 Å². The maximum atomic E-state index is 10.7. The number of benzene rings is 2. The summed E-state index contributed by atoms with van der Waals surface area (Å²) in [5, 5.41) is 19.8. The summed E-state index contributed by atoms with van der Waals surface area (Å²) in [6.07, 6.45) is 1.00. The van der Waals surface area contributed by atoms with E-state index in [2.05, 4.69) is 44.8 Å². The SMILES string of the molecule is CC(C)(C)CC(C)(C)c1cc(CN)c(O)c(-n2nc3ccccc3n2)c1. The Morgan fingerprint density at radius 3 is 2.08 bits per heavy atom. The molecule has 0 aliphatic carbocycles. The van der Waals surface area contributed by atoms with Gasteiger partial charge in [0.2, 0.25) is 0 Å². The van der Waals surface area contributed by atoms with Gasteiger partial charge in [-0.3, -0.25) is 0 Å². The van der Waals surface area contributed by atoms with Crippen LogP contribution in [0.3, 0.4) is 0 Å². The van der Waals surface area contributed by atoms with Gasteiger partial charge in [-0.2, -0.15) is 0 Å². The second kappa shape index (κ2) is 6.40. The van der Waals surface area contributed by atoms with Crippen molar-refractivity contribution in [2.75, 3.05) is 0 Å². The molecular formula is C21H28N4O. The molecule has 0 aliphatic rings. The molecule has 3 rings (SSSR count). The molecule has 0 unspecified atom stereocenters. The molecular weight excluding hydrogens is 324 g/mol. The number of hydrogen-bond acceptors (Lipinski definition) is 4. The minimum Gasteiger partial charge on any atom is -0.505 e. The first-order valence-electron chi connectivity index (χ1n) is 9.00. The predicted molar refractivity (Wildman–Crippen MR) is 106 cm³/mol. The summed E-state index contributed by atoms with van der Waals surface area (Å²) in [6, 6.07) is 11.7. The molecule has 0 amide bonds. The van der Waals surface area contributed by atoms with Crippen molar-refractivity contribution in [1.82, 2.24) is 15.0 Å². The molecule has 0 atom stereocenters. The molecule has 5 heteroatoms. The van der Waals surface area contributed by atoms with Gasteiger partial charge in [-0.05, 0) is 41.0 Å². The lowest BCUT2D eigenvalue weighted by molar-refractivity contribution is 0.284. The Hall–Kier alpha value is -2.40. The fourth-order valence-electron chi connectivity index (χ4n) is 3.77. The van der Waals surface area contributed by atoms with Crippen molar-refractivity contribution in [2.45, 2.75) is 53.0 Å². The summed E-state index contributed by atoms with van der Waals surface area (Å²) < 4.78 is 0. The number of nitrogens with zero attached hydrogens (tertiary/aromatic N) is 3. The van der Waals surface area contributed by atoms with Gasteiger partial charge in [-0.25, -0.2) is 0 Å². The van der Waals surface area contributed by atoms with Crippen LogP contribution >= 0.6 is 0 Å². The van der Waals surface area contributed by atoms with Crippen molar-refractivity contribution in [1.29, 1.82) is 0 Å². The number of fused-ring (bicyclic) bond motifs is 1. The van der Waals surface area contributed by atoms with Crippen molar-refractivity contribution < 1.29 is 5.11 Å². The highest BCUT2D eigenvalue weighted by Gasteiger charge is 2.29. The van der Waals surface area contributed by atoms with E-state index in [0.29, 0.717) is 11.3 Å². The van der Waals surface area contributed by atoms with Gasteiger partial charge in [0.05, 0.1) is 0 Å². The van der Waals surface area contributed by atoms with Crippen molar-refractivity contribution in [2.24, 2.45) is 11.1 Å². The zero-order chi connectivity index (χ0) is 19.1. The van der Waals surface area contributed by atoms with Gasteiger partial charge in [0.15, 0.2) is 0 Å². The Morgan fingerprint density at radius 1 is 1.00 bits per heavy atom. The number of phenols is 1. The van der Waals surface area contributed by atoms with E-state index in [1.807, 2.05) is 36.4 Å². The first-order chi connectivity index (χ1) is 12.1. The van der Waals surface area contributed by atoms with Gasteiger partial charge >= 0.3 is 0 Å². The number of nitrogens with two attached hydrogens (primary N) is 1. The first kappa shape index (κ1) is 18.4. The number of rotatable bonds is 4. The van der Waals surface area contributed by atoms with Gasteiger partial charge in [-0.15, -0.1) is 15.0 Å². The zero-order valence-corrected chi connectivity index (χ0v) is 16.2. The van der Waals surface area contributed by atoms with E-state index in [1.165, 1.54) is 4.80 Å². The second-order valence-corrected chi connectivity index (χ2v) is 8.81. The fraction of sp³-hybridized carbons (Fsp3) is 0.429. The highest BCUT2D eigenvalue weighted by Crippen LogP contribution is 2.39. The number of aromatic hydroxyl groups is 1. The van der Waals surface area contributed by atoms with Gasteiger partial charge in [-0.1, -0.05) is 52.8 Å². The average molecular weight is 352 g/mol. The van der Waals surface area contributed by atoms with Crippen LogP contribution in [-0.4, -0.2) is 20.1 Å². The lowest BCUT2D eigenvalue weighted by atomic mass is 9.72. The number of aromatic nitrogens is 3. The van der Waals surface area contributed by atoms with Crippen LogP contribution in [0.1, 0.15) is 52.2 Å². The first-order valence-corrected chi connectivity index (χ1v) is 9.00. The Balaban J connectivity index is 2.16. The monoisotopic (exact) mass is 352 g/mol. The molecule has 0 bridgehead atoms. The van der Waals surface area contributed by atoms with Crippen LogP contribution in [-0.2, 0) is 12.0 Å². The molecule has 1 aromatic heterocycles. The number of hydrogen-bond donors (Lipinski definition) is 2. The molecule has 0 saturated carbocycles. The standard InChI is InChI=1S/C21H28N4O/c1-20(2,3)13-21(4,5)15-10-14(12-22)19(26)18(11-15)25-23-16-8-6-7-9-17(16)24-25/h6-11,26H,12-13,22H2,1-5H3. The van der Waals surface area contributed by atoms with Gasteiger partial charge in [0.25, 0.3) is 0 Å². The van der Waals surface area contributed by atoms with Gasteiger partial charge in [0, 0.05) is 12.1 Å². The van der Waals surface area contributed by atoms with Gasteiger partial charge in [0.1, 0.15) is 22.5 Å². The quantitative estimate of drug-likeness (QED) is 0.734. The summed E-state index contributed by atoms with van der Waals surface area (Å²) in [6.45, 7) is 11.4. The van der Waals surface area contributed by atoms with Crippen molar-refractivity contribution in [3.8, 4) is 11.4 Å². The minimum absolute atomic E-state index is 0.0722. The largest absolute Gasteiger partial charge is 0.505 e. The molecule has 0 saturated heterocycles. The molecule has 1 heterocycles. The molecule has 5 nitrogen and oxygen atoms in total. The molecule has 0 radical (unpaired) electrons.